The number of benzene rings is 1. The lowest BCUT2D eigenvalue weighted by Crippen LogP contribution is -2.25. The zero-order valence-electron chi connectivity index (χ0n) is 7.90. The normalized spacial score (nSPS) is 9.50. The Hall–Kier alpha value is -1.55. The van der Waals surface area contributed by atoms with Crippen LogP contribution in [0.1, 0.15) is 5.56 Å². The molecule has 76 valence electrons. The average Bonchev–Trinajstić information content (AvgIpc) is 2.25. The van der Waals surface area contributed by atoms with E-state index >= 15 is 0 Å². The summed E-state index contributed by atoms with van der Waals surface area (Å²) in [6.07, 6.45) is -0.431. The molecule has 0 aromatic heterocycles. The van der Waals surface area contributed by atoms with Gasteiger partial charge in [0.15, 0.2) is 0 Å². The highest BCUT2D eigenvalue weighted by Gasteiger charge is 1.99. The monoisotopic (exact) mass is 194 g/mol. The summed E-state index contributed by atoms with van der Waals surface area (Å²) in [4.78, 5) is 11.0. The molecule has 14 heavy (non-hydrogen) atoms. The van der Waals surface area contributed by atoms with Crippen LogP contribution in [-0.2, 0) is 11.3 Å². The zero-order valence-corrected chi connectivity index (χ0v) is 7.90. The Kier molecular flexibility index (Phi) is 4.50. The van der Waals surface area contributed by atoms with Gasteiger partial charge >= 0.3 is 6.09 Å². The molecule has 4 nitrogen and oxygen atoms in total. The van der Waals surface area contributed by atoms with E-state index in [1.807, 2.05) is 30.3 Å². The van der Waals surface area contributed by atoms with Gasteiger partial charge in [0.05, 0.1) is 0 Å². The lowest BCUT2D eigenvalue weighted by molar-refractivity contribution is 0.149. The third-order valence-corrected chi connectivity index (χ3v) is 1.63. The molecule has 3 N–H and O–H groups in total. The zero-order chi connectivity index (χ0) is 10.2. The van der Waals surface area contributed by atoms with Crippen molar-refractivity contribution in [2.75, 3.05) is 13.2 Å². The predicted molar refractivity (Wildman–Crippen MR) is 53.7 cm³/mol. The number of nitrogens with one attached hydrogen (secondary N) is 1. The van der Waals surface area contributed by atoms with Crippen molar-refractivity contribution >= 4 is 6.09 Å². The molecule has 0 fully saturated rings. The summed E-state index contributed by atoms with van der Waals surface area (Å²) in [6.45, 7) is 1.07. The van der Waals surface area contributed by atoms with E-state index in [4.69, 9.17) is 10.5 Å². The second-order valence-electron chi connectivity index (χ2n) is 2.76. The Labute approximate surface area is 83.1 Å². The summed E-state index contributed by atoms with van der Waals surface area (Å²) in [6, 6.07) is 9.63. The largest absolute Gasteiger partial charge is 0.448 e. The van der Waals surface area contributed by atoms with Crippen molar-refractivity contribution in [3.05, 3.63) is 35.9 Å². The van der Waals surface area contributed by atoms with Gasteiger partial charge in [-0.25, -0.2) is 4.79 Å². The molecule has 0 saturated carbocycles. The molecule has 0 atom stereocenters. The molecule has 1 rings (SSSR count). The lowest BCUT2D eigenvalue weighted by atomic mass is 10.2. The first-order valence-corrected chi connectivity index (χ1v) is 4.47. The molecule has 1 aromatic rings. The second kappa shape index (κ2) is 5.99. The lowest BCUT2D eigenvalue weighted by Gasteiger charge is -2.05. The minimum absolute atomic E-state index is 0.251. The third kappa shape index (κ3) is 3.91. The van der Waals surface area contributed by atoms with Crippen LogP contribution in [0.4, 0.5) is 4.79 Å². The van der Waals surface area contributed by atoms with Crippen molar-refractivity contribution in [2.24, 2.45) is 5.73 Å². The number of ether oxygens (including phenoxy) is 1. The molecular formula is C10H14N2O2. The van der Waals surface area contributed by atoms with Crippen molar-refractivity contribution in [1.82, 2.24) is 5.32 Å². The highest BCUT2D eigenvalue weighted by molar-refractivity contribution is 5.67. The maximum atomic E-state index is 11.0. The fraction of sp³-hybridized carbons (Fsp3) is 0.300. The van der Waals surface area contributed by atoms with Gasteiger partial charge in [0.25, 0.3) is 0 Å². The van der Waals surface area contributed by atoms with Crippen molar-refractivity contribution in [2.45, 2.75) is 6.54 Å². The standard InChI is InChI=1S/C10H14N2O2/c11-6-7-14-10(13)12-8-9-4-2-1-3-5-9/h1-5H,6-8,11H2,(H,12,13). The van der Waals surface area contributed by atoms with Crippen LogP contribution in [0.5, 0.6) is 0 Å². The molecule has 4 heteroatoms. The second-order valence-corrected chi connectivity index (χ2v) is 2.76. The highest BCUT2D eigenvalue weighted by Crippen LogP contribution is 1.97. The molecular weight excluding hydrogens is 180 g/mol. The van der Waals surface area contributed by atoms with Gasteiger partial charge < -0.3 is 15.8 Å². The predicted octanol–water partition coefficient (Wildman–Crippen LogP) is 0.871. The first-order chi connectivity index (χ1) is 6.83. The summed E-state index contributed by atoms with van der Waals surface area (Å²) in [5.74, 6) is 0. The van der Waals surface area contributed by atoms with Crippen LogP contribution >= 0.6 is 0 Å². The van der Waals surface area contributed by atoms with Gasteiger partial charge in [-0.3, -0.25) is 0 Å². The van der Waals surface area contributed by atoms with Crippen LogP contribution in [0.2, 0.25) is 0 Å². The van der Waals surface area contributed by atoms with E-state index in [0.717, 1.165) is 5.56 Å². The summed E-state index contributed by atoms with van der Waals surface area (Å²) < 4.78 is 4.74. The van der Waals surface area contributed by atoms with Crippen molar-refractivity contribution < 1.29 is 9.53 Å². The van der Waals surface area contributed by atoms with Crippen LogP contribution in [0.15, 0.2) is 30.3 Å². The topological polar surface area (TPSA) is 64.3 Å². The van der Waals surface area contributed by atoms with Gasteiger partial charge in [-0.05, 0) is 5.56 Å². The fourth-order valence-corrected chi connectivity index (χ4v) is 0.973. The van der Waals surface area contributed by atoms with Crippen LogP contribution in [0, 0.1) is 0 Å². The van der Waals surface area contributed by atoms with E-state index < -0.39 is 6.09 Å². The molecule has 0 heterocycles. The van der Waals surface area contributed by atoms with E-state index in [1.54, 1.807) is 0 Å². The minimum Gasteiger partial charge on any atom is -0.448 e. The SMILES string of the molecule is NCCOC(=O)NCc1ccccc1. The number of rotatable bonds is 4. The molecule has 1 amide bonds. The number of carbonyl (C=O) groups excluding carboxylic acids is 1. The van der Waals surface area contributed by atoms with E-state index in [9.17, 15) is 4.79 Å². The average molecular weight is 194 g/mol. The number of amides is 1. The van der Waals surface area contributed by atoms with Crippen molar-refractivity contribution in [3.63, 3.8) is 0 Å². The molecule has 0 saturated heterocycles. The Morgan fingerprint density at radius 1 is 1.36 bits per heavy atom. The van der Waals surface area contributed by atoms with E-state index in [1.165, 1.54) is 0 Å². The molecule has 0 aliphatic carbocycles. The fourth-order valence-electron chi connectivity index (χ4n) is 0.973. The van der Waals surface area contributed by atoms with Crippen molar-refractivity contribution in [3.8, 4) is 0 Å². The van der Waals surface area contributed by atoms with E-state index in [-0.39, 0.29) is 6.61 Å². The Morgan fingerprint density at radius 3 is 2.71 bits per heavy atom. The maximum Gasteiger partial charge on any atom is 0.407 e. The smallest absolute Gasteiger partial charge is 0.407 e. The van der Waals surface area contributed by atoms with Gasteiger partial charge in [-0.15, -0.1) is 0 Å². The molecule has 0 unspecified atom stereocenters. The molecule has 0 radical (unpaired) electrons. The molecule has 0 aliphatic rings. The van der Waals surface area contributed by atoms with Crippen LogP contribution in [0.25, 0.3) is 0 Å². The van der Waals surface area contributed by atoms with Gasteiger partial charge in [0.1, 0.15) is 6.61 Å². The van der Waals surface area contributed by atoms with Crippen LogP contribution in [-0.4, -0.2) is 19.2 Å². The first-order valence-electron chi connectivity index (χ1n) is 4.47. The molecule has 0 bridgehead atoms. The highest BCUT2D eigenvalue weighted by atomic mass is 16.5. The van der Waals surface area contributed by atoms with Gasteiger partial charge in [-0.2, -0.15) is 0 Å². The van der Waals surface area contributed by atoms with Crippen LogP contribution in [0.3, 0.4) is 0 Å². The number of carbonyl (C=O) groups is 1. The minimum atomic E-state index is -0.431. The number of alkyl carbamates (subject to hydrolysis) is 1. The molecule has 1 aromatic carbocycles. The van der Waals surface area contributed by atoms with Crippen LogP contribution < -0.4 is 11.1 Å². The summed E-state index contributed by atoms with van der Waals surface area (Å²) in [7, 11) is 0. The van der Waals surface area contributed by atoms with Gasteiger partial charge in [0.2, 0.25) is 0 Å². The van der Waals surface area contributed by atoms with E-state index in [2.05, 4.69) is 5.32 Å². The summed E-state index contributed by atoms with van der Waals surface area (Å²) in [5.41, 5.74) is 6.22. The Bertz CT molecular complexity index is 275. The quantitative estimate of drug-likeness (QED) is 0.747. The van der Waals surface area contributed by atoms with Gasteiger partial charge in [-0.1, -0.05) is 30.3 Å². The Morgan fingerprint density at radius 2 is 2.07 bits per heavy atom. The number of hydrogen-bond donors (Lipinski definition) is 2. The van der Waals surface area contributed by atoms with Crippen molar-refractivity contribution in [1.29, 1.82) is 0 Å². The van der Waals surface area contributed by atoms with Gasteiger partial charge in [0, 0.05) is 13.1 Å². The summed E-state index contributed by atoms with van der Waals surface area (Å²) >= 11 is 0. The molecule has 0 aliphatic heterocycles. The summed E-state index contributed by atoms with van der Waals surface area (Å²) in [5, 5.41) is 2.62. The Balaban J connectivity index is 2.24. The maximum absolute atomic E-state index is 11.0. The first kappa shape index (κ1) is 10.5. The van der Waals surface area contributed by atoms with E-state index in [0.29, 0.717) is 13.1 Å². The molecule has 0 spiro atoms. The number of nitrogens with two attached hydrogens (primary N) is 1. The third-order valence-electron chi connectivity index (χ3n) is 1.63. The number of hydrogen-bond acceptors (Lipinski definition) is 3.